The molecular formula is C16H23ClN4O3. The van der Waals surface area contributed by atoms with Gasteiger partial charge in [0, 0.05) is 50.5 Å². The van der Waals surface area contributed by atoms with Crippen LogP contribution >= 0.6 is 11.6 Å². The number of carbonyl (C=O) groups excluding carboxylic acids is 2. The number of methoxy groups -OCH3 is 1. The molecule has 24 heavy (non-hydrogen) atoms. The molecule has 0 atom stereocenters. The van der Waals surface area contributed by atoms with Crippen LogP contribution in [0.2, 0.25) is 5.02 Å². The highest BCUT2D eigenvalue weighted by atomic mass is 35.5. The molecule has 1 saturated heterocycles. The Morgan fingerprint density at radius 3 is 2.46 bits per heavy atom. The van der Waals surface area contributed by atoms with Crippen molar-refractivity contribution in [1.29, 1.82) is 0 Å². The third-order valence-corrected chi connectivity index (χ3v) is 4.00. The number of nitrogens with one attached hydrogen (secondary N) is 2. The molecule has 3 amide bonds. The summed E-state index contributed by atoms with van der Waals surface area (Å²) in [5.41, 5.74) is 0.712. The maximum atomic E-state index is 12.2. The first kappa shape index (κ1) is 18.5. The summed E-state index contributed by atoms with van der Waals surface area (Å²) in [4.78, 5) is 27.8. The minimum absolute atomic E-state index is 0.0221. The predicted octanol–water partition coefficient (Wildman–Crippen LogP) is 1.25. The molecule has 2 N–H and O–H groups in total. The Labute approximate surface area is 146 Å². The normalized spacial score (nSPS) is 15.2. The van der Waals surface area contributed by atoms with E-state index in [-0.39, 0.29) is 11.9 Å². The van der Waals surface area contributed by atoms with E-state index < -0.39 is 0 Å². The van der Waals surface area contributed by atoms with Gasteiger partial charge in [-0.3, -0.25) is 9.69 Å². The Kier molecular flexibility index (Phi) is 7.30. The zero-order chi connectivity index (χ0) is 17.4. The smallest absolute Gasteiger partial charge is 0.321 e. The summed E-state index contributed by atoms with van der Waals surface area (Å²) in [6.07, 6.45) is 0. The third kappa shape index (κ3) is 5.99. The molecule has 7 nitrogen and oxygen atoms in total. The number of amides is 3. The molecule has 1 aromatic carbocycles. The number of hydrogen-bond acceptors (Lipinski definition) is 4. The van der Waals surface area contributed by atoms with E-state index in [9.17, 15) is 9.59 Å². The second kappa shape index (κ2) is 9.46. The number of ether oxygens (including phenoxy) is 1. The summed E-state index contributed by atoms with van der Waals surface area (Å²) in [5.74, 6) is -0.0221. The monoisotopic (exact) mass is 354 g/mol. The molecule has 8 heteroatoms. The molecule has 132 valence electrons. The van der Waals surface area contributed by atoms with E-state index in [4.69, 9.17) is 16.3 Å². The number of hydrogen-bond donors (Lipinski definition) is 2. The molecule has 0 spiro atoms. The number of piperazine rings is 1. The molecule has 1 heterocycles. The Bertz CT molecular complexity index is 545. The van der Waals surface area contributed by atoms with Gasteiger partial charge in [-0.2, -0.15) is 0 Å². The number of rotatable bonds is 6. The van der Waals surface area contributed by atoms with Crippen LogP contribution in [0.4, 0.5) is 10.5 Å². The second-order valence-electron chi connectivity index (χ2n) is 5.54. The number of carbonyl (C=O) groups is 2. The van der Waals surface area contributed by atoms with Crippen LogP contribution in [0.15, 0.2) is 24.3 Å². The van der Waals surface area contributed by atoms with Crippen LogP contribution in [-0.4, -0.2) is 74.7 Å². The van der Waals surface area contributed by atoms with Crippen molar-refractivity contribution in [2.24, 2.45) is 0 Å². The minimum atomic E-state index is -0.137. The van der Waals surface area contributed by atoms with Crippen LogP contribution in [0.3, 0.4) is 0 Å². The fourth-order valence-electron chi connectivity index (χ4n) is 2.40. The van der Waals surface area contributed by atoms with Gasteiger partial charge in [0.15, 0.2) is 0 Å². The van der Waals surface area contributed by atoms with Crippen molar-refractivity contribution in [3.63, 3.8) is 0 Å². The lowest BCUT2D eigenvalue weighted by Gasteiger charge is -2.34. The van der Waals surface area contributed by atoms with Gasteiger partial charge in [0.1, 0.15) is 0 Å². The van der Waals surface area contributed by atoms with E-state index in [0.717, 1.165) is 0 Å². The third-order valence-electron chi connectivity index (χ3n) is 3.75. The van der Waals surface area contributed by atoms with E-state index in [2.05, 4.69) is 10.6 Å². The van der Waals surface area contributed by atoms with E-state index in [0.29, 0.717) is 56.6 Å². The average molecular weight is 355 g/mol. The number of benzene rings is 1. The molecule has 0 bridgehead atoms. The van der Waals surface area contributed by atoms with Crippen LogP contribution in [-0.2, 0) is 9.53 Å². The lowest BCUT2D eigenvalue weighted by atomic mass is 10.3. The Morgan fingerprint density at radius 1 is 1.17 bits per heavy atom. The van der Waals surface area contributed by atoms with Crippen molar-refractivity contribution in [1.82, 2.24) is 15.1 Å². The Morgan fingerprint density at radius 2 is 1.83 bits per heavy atom. The maximum Gasteiger partial charge on any atom is 0.321 e. The first-order valence-corrected chi connectivity index (χ1v) is 8.26. The topological polar surface area (TPSA) is 73.9 Å². The van der Waals surface area contributed by atoms with E-state index in [1.54, 1.807) is 36.3 Å². The maximum absolute atomic E-state index is 12.2. The molecule has 0 aliphatic carbocycles. The van der Waals surface area contributed by atoms with Gasteiger partial charge in [-0.05, 0) is 24.3 Å². The standard InChI is InChI=1S/C16H23ClN4O3/c1-24-11-6-18-15(22)12-20-7-9-21(10-8-20)16(23)19-14-4-2-13(17)3-5-14/h2-5H,6-12H2,1H3,(H,18,22)(H,19,23). The fourth-order valence-corrected chi connectivity index (χ4v) is 2.52. The van der Waals surface area contributed by atoms with Gasteiger partial charge in [-0.25, -0.2) is 4.79 Å². The van der Waals surface area contributed by atoms with E-state index >= 15 is 0 Å². The summed E-state index contributed by atoms with van der Waals surface area (Å²) in [5, 5.41) is 6.27. The molecule has 1 aromatic rings. The van der Waals surface area contributed by atoms with Gasteiger partial charge < -0.3 is 20.3 Å². The molecule has 0 unspecified atom stereocenters. The Hall–Kier alpha value is -1.83. The molecule has 0 saturated carbocycles. The van der Waals surface area contributed by atoms with Crippen LogP contribution in [0.25, 0.3) is 0 Å². The summed E-state index contributed by atoms with van der Waals surface area (Å²) in [6.45, 7) is 3.88. The molecule has 1 aliphatic heterocycles. The molecule has 2 rings (SSSR count). The minimum Gasteiger partial charge on any atom is -0.383 e. The summed E-state index contributed by atoms with van der Waals surface area (Å²) < 4.78 is 4.89. The fraction of sp³-hybridized carbons (Fsp3) is 0.500. The van der Waals surface area contributed by atoms with Crippen LogP contribution in [0, 0.1) is 0 Å². The van der Waals surface area contributed by atoms with Crippen LogP contribution in [0.5, 0.6) is 0 Å². The predicted molar refractivity (Wildman–Crippen MR) is 93.4 cm³/mol. The SMILES string of the molecule is COCCNC(=O)CN1CCN(C(=O)Nc2ccc(Cl)cc2)CC1. The van der Waals surface area contributed by atoms with Gasteiger partial charge in [0.25, 0.3) is 0 Å². The van der Waals surface area contributed by atoms with Gasteiger partial charge in [-0.1, -0.05) is 11.6 Å². The van der Waals surface area contributed by atoms with Crippen molar-refractivity contribution in [3.05, 3.63) is 29.3 Å². The van der Waals surface area contributed by atoms with Crippen molar-refractivity contribution >= 4 is 29.2 Å². The number of nitrogens with zero attached hydrogens (tertiary/aromatic N) is 2. The van der Waals surface area contributed by atoms with Gasteiger partial charge in [0.2, 0.25) is 5.91 Å². The highest BCUT2D eigenvalue weighted by molar-refractivity contribution is 6.30. The number of anilines is 1. The first-order chi connectivity index (χ1) is 11.6. The van der Waals surface area contributed by atoms with Crippen molar-refractivity contribution in [2.75, 3.05) is 58.3 Å². The average Bonchev–Trinajstić information content (AvgIpc) is 2.58. The molecular weight excluding hydrogens is 332 g/mol. The highest BCUT2D eigenvalue weighted by Crippen LogP contribution is 2.14. The van der Waals surface area contributed by atoms with Crippen molar-refractivity contribution in [3.8, 4) is 0 Å². The largest absolute Gasteiger partial charge is 0.383 e. The number of urea groups is 1. The summed E-state index contributed by atoms with van der Waals surface area (Å²) >= 11 is 5.83. The first-order valence-electron chi connectivity index (χ1n) is 7.88. The van der Waals surface area contributed by atoms with Crippen LogP contribution < -0.4 is 10.6 Å². The Balaban J connectivity index is 1.70. The van der Waals surface area contributed by atoms with E-state index in [1.165, 1.54) is 0 Å². The zero-order valence-corrected chi connectivity index (χ0v) is 14.5. The molecule has 1 aliphatic rings. The highest BCUT2D eigenvalue weighted by Gasteiger charge is 2.22. The van der Waals surface area contributed by atoms with E-state index in [1.807, 2.05) is 4.90 Å². The van der Waals surface area contributed by atoms with Crippen LogP contribution in [0.1, 0.15) is 0 Å². The lowest BCUT2D eigenvalue weighted by molar-refractivity contribution is -0.122. The number of halogens is 1. The summed E-state index contributed by atoms with van der Waals surface area (Å²) in [6, 6.07) is 6.86. The summed E-state index contributed by atoms with van der Waals surface area (Å²) in [7, 11) is 1.60. The van der Waals surface area contributed by atoms with Gasteiger partial charge >= 0.3 is 6.03 Å². The molecule has 1 fully saturated rings. The quantitative estimate of drug-likeness (QED) is 0.754. The molecule has 0 radical (unpaired) electrons. The van der Waals surface area contributed by atoms with Gasteiger partial charge in [0.05, 0.1) is 13.2 Å². The molecule has 0 aromatic heterocycles. The van der Waals surface area contributed by atoms with Gasteiger partial charge in [-0.15, -0.1) is 0 Å². The van der Waals surface area contributed by atoms with Crippen molar-refractivity contribution in [2.45, 2.75) is 0 Å². The lowest BCUT2D eigenvalue weighted by Crippen LogP contribution is -2.52. The van der Waals surface area contributed by atoms with Crippen molar-refractivity contribution < 1.29 is 14.3 Å². The second-order valence-corrected chi connectivity index (χ2v) is 5.98. The zero-order valence-electron chi connectivity index (χ0n) is 13.8.